The summed E-state index contributed by atoms with van der Waals surface area (Å²) < 4.78 is 15.6. The highest BCUT2D eigenvalue weighted by Crippen LogP contribution is 2.49. The number of amides is 1. The lowest BCUT2D eigenvalue weighted by Gasteiger charge is -2.40. The quantitative estimate of drug-likeness (QED) is 0.726. The van der Waals surface area contributed by atoms with Crippen LogP contribution in [0.15, 0.2) is 18.2 Å². The highest BCUT2D eigenvalue weighted by molar-refractivity contribution is 6.13. The number of allylic oxidation sites excluding steroid dienone is 1. The van der Waals surface area contributed by atoms with Crippen LogP contribution in [0.1, 0.15) is 39.2 Å². The maximum absolute atomic E-state index is 13.2. The van der Waals surface area contributed by atoms with Crippen molar-refractivity contribution in [1.29, 1.82) is 0 Å². The third-order valence-corrected chi connectivity index (χ3v) is 4.69. The van der Waals surface area contributed by atoms with Crippen LogP contribution in [0.25, 0.3) is 5.57 Å². The number of carbonyl (C=O) groups excluding carboxylic acids is 2. The molecule has 0 fully saturated rings. The highest BCUT2D eigenvalue weighted by atomic mass is 16.5. The summed E-state index contributed by atoms with van der Waals surface area (Å²) in [5.74, 6) is 0.459. The van der Waals surface area contributed by atoms with Crippen LogP contribution in [0.5, 0.6) is 11.5 Å². The molecule has 1 amide bonds. The minimum atomic E-state index is -0.768. The number of methoxy groups -OCH3 is 3. The number of nitrogens with zero attached hydrogens (tertiary/aromatic N) is 1. The molecule has 26 heavy (non-hydrogen) atoms. The second kappa shape index (κ2) is 7.81. The van der Waals surface area contributed by atoms with Crippen molar-refractivity contribution in [2.75, 3.05) is 32.8 Å². The minimum absolute atomic E-state index is 0.148. The molecule has 0 saturated heterocycles. The normalized spacial score (nSPS) is 17.1. The van der Waals surface area contributed by atoms with Gasteiger partial charge in [0.05, 0.1) is 32.4 Å². The van der Waals surface area contributed by atoms with Gasteiger partial charge < -0.3 is 14.2 Å². The Morgan fingerprint density at radius 2 is 1.77 bits per heavy atom. The van der Waals surface area contributed by atoms with Gasteiger partial charge in [-0.2, -0.15) is 0 Å². The number of fused-ring (bicyclic) bond motifs is 1. The molecule has 0 aromatic heterocycles. The lowest BCUT2D eigenvalue weighted by molar-refractivity contribution is -0.140. The first-order valence-electron chi connectivity index (χ1n) is 8.67. The topological polar surface area (TPSA) is 65.1 Å². The maximum Gasteiger partial charge on any atom is 0.325 e. The van der Waals surface area contributed by atoms with Crippen LogP contribution in [-0.2, 0) is 14.3 Å². The Hall–Kier alpha value is -2.50. The van der Waals surface area contributed by atoms with E-state index in [0.29, 0.717) is 17.2 Å². The average Bonchev–Trinajstić information content (AvgIpc) is 2.64. The summed E-state index contributed by atoms with van der Waals surface area (Å²) in [4.78, 5) is 26.5. The van der Waals surface area contributed by atoms with Crippen molar-refractivity contribution in [1.82, 2.24) is 0 Å². The maximum atomic E-state index is 13.2. The molecule has 1 heterocycles. The number of unbranched alkanes of at least 4 members (excludes halogenated alkanes) is 1. The van der Waals surface area contributed by atoms with E-state index < -0.39 is 11.4 Å². The van der Waals surface area contributed by atoms with E-state index in [1.54, 1.807) is 13.2 Å². The minimum Gasteiger partial charge on any atom is -0.493 e. The van der Waals surface area contributed by atoms with Gasteiger partial charge in [-0.15, -0.1) is 0 Å². The van der Waals surface area contributed by atoms with Crippen LogP contribution in [0.4, 0.5) is 5.69 Å². The molecule has 1 aliphatic heterocycles. The van der Waals surface area contributed by atoms with Crippen molar-refractivity contribution < 1.29 is 23.8 Å². The van der Waals surface area contributed by atoms with Gasteiger partial charge in [0.25, 0.3) is 0 Å². The Morgan fingerprint density at radius 3 is 2.31 bits per heavy atom. The van der Waals surface area contributed by atoms with E-state index in [0.717, 1.165) is 24.0 Å². The standard InChI is InChI=1S/C20H27NO5/c1-7-8-9-14-13-10-16(24-4)17(25-5)11-15(13)21(12-18(22)26-6)19(23)20(14,2)3/h9-11H,7-8,12H2,1-6H3/b14-9-. The molecule has 6 heteroatoms. The van der Waals surface area contributed by atoms with Crippen molar-refractivity contribution in [3.8, 4) is 11.5 Å². The van der Waals surface area contributed by atoms with E-state index >= 15 is 0 Å². The number of carbonyl (C=O) groups is 2. The molecular formula is C20H27NO5. The largest absolute Gasteiger partial charge is 0.493 e. The zero-order chi connectivity index (χ0) is 19.5. The van der Waals surface area contributed by atoms with E-state index in [-0.39, 0.29) is 12.5 Å². The van der Waals surface area contributed by atoms with E-state index in [4.69, 9.17) is 14.2 Å². The Morgan fingerprint density at radius 1 is 1.15 bits per heavy atom. The zero-order valence-corrected chi connectivity index (χ0v) is 16.3. The van der Waals surface area contributed by atoms with Crippen molar-refractivity contribution >= 4 is 23.1 Å². The first-order chi connectivity index (χ1) is 12.3. The molecule has 1 aliphatic rings. The molecular weight excluding hydrogens is 334 g/mol. The van der Waals surface area contributed by atoms with Crippen molar-refractivity contribution in [3.63, 3.8) is 0 Å². The van der Waals surface area contributed by atoms with Crippen LogP contribution in [-0.4, -0.2) is 39.8 Å². The summed E-state index contributed by atoms with van der Waals surface area (Å²) in [7, 11) is 4.42. The number of esters is 1. The fraction of sp³-hybridized carbons (Fsp3) is 0.500. The molecule has 0 N–H and O–H groups in total. The van der Waals surface area contributed by atoms with Gasteiger partial charge in [-0.05, 0) is 31.9 Å². The first kappa shape index (κ1) is 19.8. The van der Waals surface area contributed by atoms with Gasteiger partial charge in [0, 0.05) is 11.6 Å². The van der Waals surface area contributed by atoms with Crippen LogP contribution in [0.2, 0.25) is 0 Å². The molecule has 0 unspecified atom stereocenters. The Labute approximate surface area is 154 Å². The number of benzene rings is 1. The summed E-state index contributed by atoms with van der Waals surface area (Å²) in [6.45, 7) is 5.69. The molecule has 0 atom stereocenters. The predicted molar refractivity (Wildman–Crippen MR) is 101 cm³/mol. The van der Waals surface area contributed by atoms with E-state index in [2.05, 4.69) is 13.0 Å². The van der Waals surface area contributed by atoms with Crippen LogP contribution >= 0.6 is 0 Å². The molecule has 0 radical (unpaired) electrons. The summed E-state index contributed by atoms with van der Waals surface area (Å²) in [6, 6.07) is 3.61. The van der Waals surface area contributed by atoms with Crippen molar-refractivity contribution in [3.05, 3.63) is 23.8 Å². The molecule has 1 aromatic carbocycles. The molecule has 6 nitrogen and oxygen atoms in total. The lowest BCUT2D eigenvalue weighted by atomic mass is 9.74. The zero-order valence-electron chi connectivity index (χ0n) is 16.3. The summed E-state index contributed by atoms with van der Waals surface area (Å²) >= 11 is 0. The Bertz CT molecular complexity index is 736. The second-order valence-corrected chi connectivity index (χ2v) is 6.72. The summed E-state index contributed by atoms with van der Waals surface area (Å²) in [6.07, 6.45) is 3.93. The third-order valence-electron chi connectivity index (χ3n) is 4.69. The fourth-order valence-corrected chi connectivity index (χ4v) is 3.21. The number of hydrogen-bond acceptors (Lipinski definition) is 5. The van der Waals surface area contributed by atoms with Gasteiger partial charge in [-0.25, -0.2) is 0 Å². The summed E-state index contributed by atoms with van der Waals surface area (Å²) in [5.41, 5.74) is 1.65. The van der Waals surface area contributed by atoms with Crippen molar-refractivity contribution in [2.24, 2.45) is 5.41 Å². The van der Waals surface area contributed by atoms with Gasteiger partial charge in [-0.1, -0.05) is 19.4 Å². The monoisotopic (exact) mass is 361 g/mol. The molecule has 2 rings (SSSR count). The molecule has 0 spiro atoms. The predicted octanol–water partition coefficient (Wildman–Crippen LogP) is 3.43. The molecule has 1 aromatic rings. The lowest BCUT2D eigenvalue weighted by Crippen LogP contribution is -2.48. The van der Waals surface area contributed by atoms with E-state index in [1.165, 1.54) is 19.1 Å². The van der Waals surface area contributed by atoms with Crippen LogP contribution in [0, 0.1) is 5.41 Å². The molecule has 0 saturated carbocycles. The van der Waals surface area contributed by atoms with Gasteiger partial charge >= 0.3 is 5.97 Å². The SMILES string of the molecule is CCC/C=C1/c2cc(OC)c(OC)cc2N(CC(=O)OC)C(=O)C1(C)C. The molecule has 0 bridgehead atoms. The highest BCUT2D eigenvalue weighted by Gasteiger charge is 2.44. The van der Waals surface area contributed by atoms with Crippen LogP contribution < -0.4 is 14.4 Å². The average molecular weight is 361 g/mol. The number of rotatable bonds is 6. The Balaban J connectivity index is 2.74. The smallest absolute Gasteiger partial charge is 0.325 e. The molecule has 142 valence electrons. The van der Waals surface area contributed by atoms with E-state index in [1.807, 2.05) is 19.9 Å². The van der Waals surface area contributed by atoms with Gasteiger partial charge in [0.15, 0.2) is 11.5 Å². The number of ether oxygens (including phenoxy) is 3. The Kier molecular flexibility index (Phi) is 5.95. The number of anilines is 1. The summed E-state index contributed by atoms with van der Waals surface area (Å²) in [5, 5.41) is 0. The van der Waals surface area contributed by atoms with Crippen molar-refractivity contribution in [2.45, 2.75) is 33.6 Å². The number of hydrogen-bond donors (Lipinski definition) is 0. The second-order valence-electron chi connectivity index (χ2n) is 6.72. The van der Waals surface area contributed by atoms with E-state index in [9.17, 15) is 9.59 Å². The van der Waals surface area contributed by atoms with Gasteiger partial charge in [0.1, 0.15) is 6.54 Å². The molecule has 0 aliphatic carbocycles. The van der Waals surface area contributed by atoms with Crippen LogP contribution in [0.3, 0.4) is 0 Å². The van der Waals surface area contributed by atoms with Gasteiger partial charge in [-0.3, -0.25) is 14.5 Å². The van der Waals surface area contributed by atoms with Gasteiger partial charge in [0.2, 0.25) is 5.91 Å². The fourth-order valence-electron chi connectivity index (χ4n) is 3.21. The third kappa shape index (κ3) is 3.41. The first-order valence-corrected chi connectivity index (χ1v) is 8.67.